The molecule has 15 heavy (non-hydrogen) atoms. The Hall–Kier alpha value is -0.250. The Morgan fingerprint density at radius 3 is 2.93 bits per heavy atom. The lowest BCUT2D eigenvalue weighted by molar-refractivity contribution is 0.313. The minimum absolute atomic E-state index is 0.525. The van der Waals surface area contributed by atoms with E-state index in [9.17, 15) is 0 Å². The molecule has 4 heteroatoms. The lowest BCUT2D eigenvalue weighted by Crippen LogP contribution is -2.18. The van der Waals surface area contributed by atoms with Crippen LogP contribution in [-0.4, -0.2) is 29.7 Å². The van der Waals surface area contributed by atoms with Crippen LogP contribution in [0.15, 0.2) is 17.2 Å². The molecule has 1 atom stereocenters. The van der Waals surface area contributed by atoms with Crippen LogP contribution in [0.1, 0.15) is 24.4 Å². The second kappa shape index (κ2) is 4.73. The zero-order valence-electron chi connectivity index (χ0n) is 9.03. The van der Waals surface area contributed by atoms with Crippen molar-refractivity contribution >= 4 is 23.4 Å². The summed E-state index contributed by atoms with van der Waals surface area (Å²) in [5, 5.41) is 1.66. The highest BCUT2D eigenvalue weighted by atomic mass is 35.5. The van der Waals surface area contributed by atoms with Gasteiger partial charge < -0.3 is 0 Å². The maximum absolute atomic E-state index is 5.90. The van der Waals surface area contributed by atoms with Crippen LogP contribution in [0, 0.1) is 0 Å². The van der Waals surface area contributed by atoms with E-state index in [-0.39, 0.29) is 0 Å². The van der Waals surface area contributed by atoms with Crippen molar-refractivity contribution in [1.29, 1.82) is 0 Å². The Morgan fingerprint density at radius 1 is 1.53 bits per heavy atom. The third-order valence-corrected chi connectivity index (χ3v) is 3.85. The van der Waals surface area contributed by atoms with Crippen molar-refractivity contribution in [2.24, 2.45) is 0 Å². The van der Waals surface area contributed by atoms with E-state index < -0.39 is 0 Å². The quantitative estimate of drug-likeness (QED) is 0.585. The van der Waals surface area contributed by atoms with Crippen LogP contribution < -0.4 is 0 Å². The number of pyridine rings is 1. The van der Waals surface area contributed by atoms with Gasteiger partial charge in [-0.2, -0.15) is 0 Å². The van der Waals surface area contributed by atoms with Gasteiger partial charge >= 0.3 is 0 Å². The number of rotatable bonds is 2. The topological polar surface area (TPSA) is 16.1 Å². The molecule has 1 aromatic rings. The summed E-state index contributed by atoms with van der Waals surface area (Å²) < 4.78 is 0. The molecule has 82 valence electrons. The van der Waals surface area contributed by atoms with Gasteiger partial charge in [0.1, 0.15) is 10.2 Å². The fourth-order valence-corrected chi connectivity index (χ4v) is 2.98. The number of nitrogens with zero attached hydrogens (tertiary/aromatic N) is 2. The summed E-state index contributed by atoms with van der Waals surface area (Å²) in [6.45, 7) is 1.18. The monoisotopic (exact) mass is 242 g/mol. The van der Waals surface area contributed by atoms with E-state index in [0.29, 0.717) is 11.2 Å². The van der Waals surface area contributed by atoms with Crippen molar-refractivity contribution in [3.05, 3.63) is 22.8 Å². The number of likely N-dealkylation sites (tertiary alicyclic amines) is 1. The molecule has 0 bridgehead atoms. The van der Waals surface area contributed by atoms with E-state index in [1.165, 1.54) is 24.9 Å². The second-order valence-electron chi connectivity index (χ2n) is 3.87. The maximum Gasteiger partial charge on any atom is 0.130 e. The predicted molar refractivity (Wildman–Crippen MR) is 65.6 cm³/mol. The fraction of sp³-hybridized carbons (Fsp3) is 0.545. The molecule has 2 nitrogen and oxygen atoms in total. The molecule has 2 heterocycles. The first-order chi connectivity index (χ1) is 7.22. The number of aromatic nitrogens is 1. The Labute approximate surface area is 100 Å². The fourth-order valence-electron chi connectivity index (χ4n) is 2.15. The largest absolute Gasteiger partial charge is 0.299 e. The summed E-state index contributed by atoms with van der Waals surface area (Å²) in [6, 6.07) is 4.54. The van der Waals surface area contributed by atoms with Gasteiger partial charge in [0.15, 0.2) is 0 Å². The normalized spacial score (nSPS) is 22.2. The summed E-state index contributed by atoms with van der Waals surface area (Å²) in [5.74, 6) is 0. The molecule has 0 saturated carbocycles. The average Bonchev–Trinajstić information content (AvgIpc) is 2.64. The highest BCUT2D eigenvalue weighted by Gasteiger charge is 2.25. The van der Waals surface area contributed by atoms with Crippen LogP contribution in [0.25, 0.3) is 0 Å². The van der Waals surface area contributed by atoms with Gasteiger partial charge in [-0.3, -0.25) is 4.90 Å². The predicted octanol–water partition coefficient (Wildman–Crippen LogP) is 3.22. The molecule has 2 rings (SSSR count). The summed E-state index contributed by atoms with van der Waals surface area (Å²) in [6.07, 6.45) is 4.56. The smallest absolute Gasteiger partial charge is 0.130 e. The lowest BCUT2D eigenvalue weighted by atomic mass is 10.1. The van der Waals surface area contributed by atoms with Crippen LogP contribution in [0.3, 0.4) is 0 Å². The van der Waals surface area contributed by atoms with E-state index in [2.05, 4.69) is 29.3 Å². The van der Waals surface area contributed by atoms with Crippen LogP contribution in [-0.2, 0) is 0 Å². The zero-order chi connectivity index (χ0) is 10.8. The van der Waals surface area contributed by atoms with E-state index in [1.807, 2.05) is 6.07 Å². The molecule has 1 aromatic heterocycles. The summed E-state index contributed by atoms with van der Waals surface area (Å²) in [4.78, 5) is 6.77. The van der Waals surface area contributed by atoms with Gasteiger partial charge in [-0.25, -0.2) is 4.98 Å². The third-order valence-electron chi connectivity index (χ3n) is 2.93. The molecule has 0 amide bonds. The molecule has 1 aliphatic heterocycles. The van der Waals surface area contributed by atoms with Crippen molar-refractivity contribution in [2.75, 3.05) is 19.8 Å². The molecule has 1 saturated heterocycles. The van der Waals surface area contributed by atoms with Crippen LogP contribution in [0.2, 0.25) is 5.15 Å². The summed E-state index contributed by atoms with van der Waals surface area (Å²) >= 11 is 7.58. The van der Waals surface area contributed by atoms with Crippen molar-refractivity contribution in [2.45, 2.75) is 23.9 Å². The van der Waals surface area contributed by atoms with E-state index in [4.69, 9.17) is 11.6 Å². The molecule has 1 aliphatic rings. The van der Waals surface area contributed by atoms with Crippen molar-refractivity contribution in [1.82, 2.24) is 9.88 Å². The molecular formula is C11H15ClN2S. The number of thioether (sulfide) groups is 1. The zero-order valence-corrected chi connectivity index (χ0v) is 10.6. The van der Waals surface area contributed by atoms with Gasteiger partial charge in [0.05, 0.1) is 0 Å². The number of halogens is 1. The molecule has 0 radical (unpaired) electrons. The number of hydrogen-bond donors (Lipinski definition) is 0. The van der Waals surface area contributed by atoms with Gasteiger partial charge in [0.2, 0.25) is 0 Å². The Balaban J connectivity index is 2.34. The summed E-state index contributed by atoms with van der Waals surface area (Å²) in [5.41, 5.74) is 1.33. The average molecular weight is 243 g/mol. The van der Waals surface area contributed by atoms with E-state index in [1.54, 1.807) is 11.8 Å². The Bertz CT molecular complexity index is 356. The molecule has 0 spiro atoms. The minimum Gasteiger partial charge on any atom is -0.299 e. The first-order valence-corrected chi connectivity index (χ1v) is 6.73. The molecule has 0 N–H and O–H groups in total. The maximum atomic E-state index is 5.90. The van der Waals surface area contributed by atoms with Crippen molar-refractivity contribution in [3.63, 3.8) is 0 Å². The highest BCUT2D eigenvalue weighted by Crippen LogP contribution is 2.35. The van der Waals surface area contributed by atoms with Crippen LogP contribution in [0.4, 0.5) is 0 Å². The second-order valence-corrected chi connectivity index (χ2v) is 5.05. The summed E-state index contributed by atoms with van der Waals surface area (Å²) in [7, 11) is 2.18. The SMILES string of the molecule is CSc1nc(Cl)ccc1[C@@H]1CCCN1C. The standard InChI is InChI=1S/C11H15ClN2S/c1-14-7-3-4-9(14)8-5-6-10(12)13-11(8)15-2/h5-6,9H,3-4,7H2,1-2H3/t9-/m0/s1. The van der Waals surface area contributed by atoms with Gasteiger partial charge in [-0.1, -0.05) is 17.7 Å². The Kier molecular flexibility index (Phi) is 3.54. The van der Waals surface area contributed by atoms with Gasteiger partial charge in [-0.05, 0) is 38.8 Å². The van der Waals surface area contributed by atoms with E-state index in [0.717, 1.165) is 5.03 Å². The van der Waals surface area contributed by atoms with Crippen molar-refractivity contribution < 1.29 is 0 Å². The molecule has 0 aromatic carbocycles. The number of hydrogen-bond acceptors (Lipinski definition) is 3. The van der Waals surface area contributed by atoms with Crippen molar-refractivity contribution in [3.8, 4) is 0 Å². The molecule has 0 unspecified atom stereocenters. The first-order valence-electron chi connectivity index (χ1n) is 5.13. The van der Waals surface area contributed by atoms with Crippen LogP contribution >= 0.6 is 23.4 Å². The third kappa shape index (κ3) is 2.30. The van der Waals surface area contributed by atoms with E-state index >= 15 is 0 Å². The lowest BCUT2D eigenvalue weighted by Gasteiger charge is -2.21. The molecule has 0 aliphatic carbocycles. The van der Waals surface area contributed by atoms with Gasteiger partial charge in [0.25, 0.3) is 0 Å². The van der Waals surface area contributed by atoms with Gasteiger partial charge in [0, 0.05) is 11.6 Å². The molecule has 1 fully saturated rings. The highest BCUT2D eigenvalue weighted by molar-refractivity contribution is 7.98. The first kappa shape index (κ1) is 11.2. The van der Waals surface area contributed by atoms with Crippen LogP contribution in [0.5, 0.6) is 0 Å². The minimum atomic E-state index is 0.525. The van der Waals surface area contributed by atoms with Gasteiger partial charge in [-0.15, -0.1) is 11.8 Å². The molecular weight excluding hydrogens is 228 g/mol. The Morgan fingerprint density at radius 2 is 2.33 bits per heavy atom.